The molecule has 1 aromatic carbocycles. The van der Waals surface area contributed by atoms with Crippen LogP contribution in [0.25, 0.3) is 0 Å². The van der Waals surface area contributed by atoms with E-state index in [0.717, 1.165) is 0 Å². The van der Waals surface area contributed by atoms with Crippen molar-refractivity contribution in [3.05, 3.63) is 24.3 Å². The van der Waals surface area contributed by atoms with Gasteiger partial charge in [0.15, 0.2) is 0 Å². The third kappa shape index (κ3) is 3.90. The number of nitrogen functional groups attached to an aromatic ring is 1. The van der Waals surface area contributed by atoms with Crippen LogP contribution in [0.5, 0.6) is 0 Å². The number of hydrogen-bond donors (Lipinski definition) is 1. The Balaban J connectivity index is 2.11. The van der Waals surface area contributed by atoms with Crippen LogP contribution in [0, 0.1) is 0 Å². The molecular formula is C16H23N3O3. The van der Waals surface area contributed by atoms with E-state index in [-0.39, 0.29) is 12.5 Å². The fraction of sp³-hybridized carbons (Fsp3) is 0.500. The van der Waals surface area contributed by atoms with Crippen molar-refractivity contribution >= 4 is 23.4 Å². The Bertz CT molecular complexity index is 566. The Morgan fingerprint density at radius 1 is 1.23 bits per heavy atom. The Morgan fingerprint density at radius 2 is 1.91 bits per heavy atom. The van der Waals surface area contributed by atoms with Gasteiger partial charge >= 0.3 is 6.09 Å². The zero-order valence-corrected chi connectivity index (χ0v) is 13.3. The van der Waals surface area contributed by atoms with Crippen LogP contribution in [0.2, 0.25) is 0 Å². The molecule has 6 heteroatoms. The fourth-order valence-corrected chi connectivity index (χ4v) is 2.34. The molecule has 22 heavy (non-hydrogen) atoms. The summed E-state index contributed by atoms with van der Waals surface area (Å²) in [6.45, 7) is 6.45. The second-order valence-corrected chi connectivity index (χ2v) is 6.36. The molecule has 6 nitrogen and oxygen atoms in total. The molecule has 0 atom stereocenters. The highest BCUT2D eigenvalue weighted by atomic mass is 16.6. The zero-order valence-electron chi connectivity index (χ0n) is 13.3. The van der Waals surface area contributed by atoms with Crippen LogP contribution in [0.4, 0.5) is 16.2 Å². The van der Waals surface area contributed by atoms with Crippen molar-refractivity contribution in [2.75, 3.05) is 30.3 Å². The largest absolute Gasteiger partial charge is 0.444 e. The quantitative estimate of drug-likeness (QED) is 0.807. The molecule has 1 saturated heterocycles. The second kappa shape index (κ2) is 6.25. The highest BCUT2D eigenvalue weighted by molar-refractivity contribution is 5.98. The minimum Gasteiger partial charge on any atom is -0.444 e. The lowest BCUT2D eigenvalue weighted by Gasteiger charge is -2.26. The number of ether oxygens (including phenoxy) is 1. The lowest BCUT2D eigenvalue weighted by Crippen LogP contribution is -2.42. The number of para-hydroxylation sites is 2. The number of hydrogen-bond acceptors (Lipinski definition) is 4. The van der Waals surface area contributed by atoms with Gasteiger partial charge in [-0.2, -0.15) is 0 Å². The van der Waals surface area contributed by atoms with Crippen molar-refractivity contribution in [3.63, 3.8) is 0 Å². The smallest absolute Gasteiger partial charge is 0.410 e. The van der Waals surface area contributed by atoms with Crippen LogP contribution < -0.4 is 10.6 Å². The molecular weight excluding hydrogens is 282 g/mol. The second-order valence-electron chi connectivity index (χ2n) is 6.36. The van der Waals surface area contributed by atoms with E-state index in [1.807, 2.05) is 39.0 Å². The van der Waals surface area contributed by atoms with E-state index in [4.69, 9.17) is 10.5 Å². The summed E-state index contributed by atoms with van der Waals surface area (Å²) in [6, 6.07) is 7.25. The van der Waals surface area contributed by atoms with Crippen molar-refractivity contribution in [2.45, 2.75) is 32.8 Å². The number of rotatable bonds is 1. The standard InChI is InChI=1S/C16H23N3O3/c1-16(2,3)22-15(21)18-9-6-10-19(14(20)11-18)13-8-5-4-7-12(13)17/h4-5,7-8H,6,9-11,17H2,1-3H3. The molecule has 0 bridgehead atoms. The molecule has 1 heterocycles. The molecule has 1 aliphatic heterocycles. The number of amides is 2. The molecule has 2 rings (SSSR count). The van der Waals surface area contributed by atoms with Gasteiger partial charge in [-0.1, -0.05) is 12.1 Å². The van der Waals surface area contributed by atoms with Gasteiger partial charge in [-0.25, -0.2) is 4.79 Å². The van der Waals surface area contributed by atoms with E-state index < -0.39 is 11.7 Å². The molecule has 0 aliphatic carbocycles. The first kappa shape index (κ1) is 16.1. The van der Waals surface area contributed by atoms with Gasteiger partial charge in [-0.3, -0.25) is 9.69 Å². The van der Waals surface area contributed by atoms with E-state index in [1.165, 1.54) is 4.90 Å². The Morgan fingerprint density at radius 3 is 2.55 bits per heavy atom. The lowest BCUT2D eigenvalue weighted by atomic mass is 10.2. The lowest BCUT2D eigenvalue weighted by molar-refractivity contribution is -0.119. The average molecular weight is 305 g/mol. The van der Waals surface area contributed by atoms with Gasteiger partial charge in [-0.15, -0.1) is 0 Å². The van der Waals surface area contributed by atoms with Gasteiger partial charge in [0.2, 0.25) is 5.91 Å². The SMILES string of the molecule is CC(C)(C)OC(=O)N1CCCN(c2ccccc2N)C(=O)C1. The average Bonchev–Trinajstić information content (AvgIpc) is 2.59. The zero-order chi connectivity index (χ0) is 16.3. The monoisotopic (exact) mass is 305 g/mol. The number of nitrogens with two attached hydrogens (primary N) is 1. The third-order valence-corrected chi connectivity index (χ3v) is 3.32. The molecule has 1 aliphatic rings. The van der Waals surface area contributed by atoms with Crippen LogP contribution in [-0.2, 0) is 9.53 Å². The summed E-state index contributed by atoms with van der Waals surface area (Å²) in [5.74, 6) is -0.152. The summed E-state index contributed by atoms with van der Waals surface area (Å²) in [6.07, 6.45) is 0.225. The van der Waals surface area contributed by atoms with Gasteiger partial charge in [0.25, 0.3) is 0 Å². The van der Waals surface area contributed by atoms with Gasteiger partial charge < -0.3 is 15.4 Å². The number of anilines is 2. The molecule has 0 spiro atoms. The molecule has 2 N–H and O–H groups in total. The van der Waals surface area contributed by atoms with E-state index >= 15 is 0 Å². The summed E-state index contributed by atoms with van der Waals surface area (Å²) >= 11 is 0. The van der Waals surface area contributed by atoms with E-state index in [1.54, 1.807) is 11.0 Å². The topological polar surface area (TPSA) is 75.9 Å². The highest BCUT2D eigenvalue weighted by Crippen LogP contribution is 2.24. The van der Waals surface area contributed by atoms with Crippen molar-refractivity contribution in [1.82, 2.24) is 4.90 Å². The third-order valence-electron chi connectivity index (χ3n) is 3.32. The summed E-state index contributed by atoms with van der Waals surface area (Å²) in [7, 11) is 0. The first-order valence-corrected chi connectivity index (χ1v) is 7.41. The highest BCUT2D eigenvalue weighted by Gasteiger charge is 2.29. The predicted octanol–water partition coefficient (Wildman–Crippen LogP) is 2.24. The normalized spacial score (nSPS) is 16.4. The molecule has 0 radical (unpaired) electrons. The van der Waals surface area contributed by atoms with E-state index in [9.17, 15) is 9.59 Å². The Labute approximate surface area is 130 Å². The minimum atomic E-state index is -0.573. The maximum atomic E-state index is 12.5. The summed E-state index contributed by atoms with van der Waals surface area (Å²) in [4.78, 5) is 27.7. The summed E-state index contributed by atoms with van der Waals surface area (Å²) < 4.78 is 5.34. The number of benzene rings is 1. The maximum Gasteiger partial charge on any atom is 0.410 e. The number of carbonyl (C=O) groups is 2. The predicted molar refractivity (Wildman–Crippen MR) is 85.6 cm³/mol. The van der Waals surface area contributed by atoms with Gasteiger partial charge in [0.1, 0.15) is 12.1 Å². The Kier molecular flexibility index (Phi) is 4.59. The minimum absolute atomic E-state index is 0.00322. The number of nitrogens with zero attached hydrogens (tertiary/aromatic N) is 2. The molecule has 0 unspecified atom stereocenters. The number of carbonyl (C=O) groups excluding carboxylic acids is 2. The molecule has 0 saturated carbocycles. The Hall–Kier alpha value is -2.24. The van der Waals surface area contributed by atoms with Crippen molar-refractivity contribution in [3.8, 4) is 0 Å². The fourth-order valence-electron chi connectivity index (χ4n) is 2.34. The van der Waals surface area contributed by atoms with E-state index in [0.29, 0.717) is 30.9 Å². The van der Waals surface area contributed by atoms with Gasteiger partial charge in [0.05, 0.1) is 11.4 Å². The molecule has 2 amide bonds. The molecule has 1 aromatic rings. The first-order chi connectivity index (χ1) is 10.3. The first-order valence-electron chi connectivity index (χ1n) is 7.41. The van der Waals surface area contributed by atoms with Crippen LogP contribution in [0.15, 0.2) is 24.3 Å². The van der Waals surface area contributed by atoms with Gasteiger partial charge in [0, 0.05) is 13.1 Å². The molecule has 0 aromatic heterocycles. The van der Waals surface area contributed by atoms with Crippen molar-refractivity contribution < 1.29 is 14.3 Å². The van der Waals surface area contributed by atoms with Gasteiger partial charge in [-0.05, 0) is 39.3 Å². The van der Waals surface area contributed by atoms with Crippen molar-refractivity contribution in [1.29, 1.82) is 0 Å². The van der Waals surface area contributed by atoms with Crippen molar-refractivity contribution in [2.24, 2.45) is 0 Å². The van der Waals surface area contributed by atoms with Crippen LogP contribution in [0.3, 0.4) is 0 Å². The van der Waals surface area contributed by atoms with Crippen LogP contribution >= 0.6 is 0 Å². The van der Waals surface area contributed by atoms with Crippen LogP contribution in [-0.4, -0.2) is 42.1 Å². The molecule has 1 fully saturated rings. The summed E-state index contributed by atoms with van der Waals surface area (Å²) in [5.41, 5.74) is 6.62. The van der Waals surface area contributed by atoms with Crippen LogP contribution in [0.1, 0.15) is 27.2 Å². The summed E-state index contributed by atoms with van der Waals surface area (Å²) in [5, 5.41) is 0. The molecule has 120 valence electrons. The van der Waals surface area contributed by atoms with E-state index in [2.05, 4.69) is 0 Å². The maximum absolute atomic E-state index is 12.5.